The van der Waals surface area contributed by atoms with E-state index in [0.29, 0.717) is 12.6 Å². The predicted molar refractivity (Wildman–Crippen MR) is 53.0 cm³/mol. The molecule has 0 aliphatic carbocycles. The van der Waals surface area contributed by atoms with Crippen LogP contribution in [0, 0.1) is 5.92 Å². The fourth-order valence-corrected chi connectivity index (χ4v) is 2.12. The van der Waals surface area contributed by atoms with Gasteiger partial charge in [-0.15, -0.1) is 0 Å². The van der Waals surface area contributed by atoms with Crippen LogP contribution in [0.3, 0.4) is 0 Å². The fraction of sp³-hybridized carbons (Fsp3) is 0.900. The lowest BCUT2D eigenvalue weighted by Gasteiger charge is -2.33. The summed E-state index contributed by atoms with van der Waals surface area (Å²) in [5.41, 5.74) is 0. The van der Waals surface area contributed by atoms with Gasteiger partial charge in [-0.2, -0.15) is 0 Å². The number of nitrogens with one attached hydrogen (secondary N) is 1. The van der Waals surface area contributed by atoms with E-state index < -0.39 is 0 Å². The molecule has 1 N–H and O–H groups in total. The van der Waals surface area contributed by atoms with Crippen molar-refractivity contribution < 1.29 is 9.53 Å². The monoisotopic (exact) mass is 198 g/mol. The molecule has 2 atom stereocenters. The third kappa shape index (κ3) is 2.07. The molecule has 0 bridgehead atoms. The molecule has 4 heteroatoms. The number of carbonyl (C=O) groups is 1. The van der Waals surface area contributed by atoms with E-state index in [9.17, 15) is 4.79 Å². The van der Waals surface area contributed by atoms with Gasteiger partial charge in [0.1, 0.15) is 0 Å². The first-order chi connectivity index (χ1) is 6.77. The highest BCUT2D eigenvalue weighted by molar-refractivity contribution is 5.79. The number of nitrogens with zero attached hydrogens (tertiary/aromatic N) is 1. The molecule has 0 saturated carbocycles. The predicted octanol–water partition coefficient (Wildman–Crippen LogP) is -0.157. The Morgan fingerprint density at radius 2 is 2.43 bits per heavy atom. The van der Waals surface area contributed by atoms with Crippen molar-refractivity contribution in [2.24, 2.45) is 5.92 Å². The lowest BCUT2D eigenvalue weighted by atomic mass is 10.1. The molecule has 2 rings (SSSR count). The summed E-state index contributed by atoms with van der Waals surface area (Å²) in [4.78, 5) is 13.9. The van der Waals surface area contributed by atoms with Gasteiger partial charge in [0.15, 0.2) is 0 Å². The molecule has 0 spiro atoms. The Morgan fingerprint density at radius 3 is 3.07 bits per heavy atom. The molecule has 0 aromatic carbocycles. The van der Waals surface area contributed by atoms with Gasteiger partial charge in [-0.3, -0.25) is 4.79 Å². The number of hydrogen-bond acceptors (Lipinski definition) is 3. The molecule has 1 amide bonds. The number of carbonyl (C=O) groups excluding carboxylic acids is 1. The zero-order valence-corrected chi connectivity index (χ0v) is 8.66. The van der Waals surface area contributed by atoms with Crippen LogP contribution >= 0.6 is 0 Å². The van der Waals surface area contributed by atoms with Crippen molar-refractivity contribution in [3.8, 4) is 0 Å². The van der Waals surface area contributed by atoms with E-state index in [4.69, 9.17) is 4.74 Å². The second-order valence-corrected chi connectivity index (χ2v) is 4.20. The minimum absolute atomic E-state index is 0.125. The highest BCUT2D eigenvalue weighted by atomic mass is 16.5. The molecule has 2 fully saturated rings. The normalized spacial score (nSPS) is 33.4. The van der Waals surface area contributed by atoms with Gasteiger partial charge >= 0.3 is 0 Å². The molecule has 2 saturated heterocycles. The maximum atomic E-state index is 12.0. The van der Waals surface area contributed by atoms with Crippen molar-refractivity contribution in [1.29, 1.82) is 0 Å². The van der Waals surface area contributed by atoms with Gasteiger partial charge in [-0.25, -0.2) is 0 Å². The van der Waals surface area contributed by atoms with Crippen LogP contribution in [0.2, 0.25) is 0 Å². The van der Waals surface area contributed by atoms with Crippen LogP contribution in [0.1, 0.15) is 13.3 Å². The highest BCUT2D eigenvalue weighted by Gasteiger charge is 2.29. The van der Waals surface area contributed by atoms with Crippen molar-refractivity contribution in [3.05, 3.63) is 0 Å². The highest BCUT2D eigenvalue weighted by Crippen LogP contribution is 2.16. The smallest absolute Gasteiger partial charge is 0.228 e. The average molecular weight is 198 g/mol. The van der Waals surface area contributed by atoms with Gasteiger partial charge in [0.25, 0.3) is 0 Å². The molecule has 2 heterocycles. The molecule has 80 valence electrons. The summed E-state index contributed by atoms with van der Waals surface area (Å²) in [5.74, 6) is 0.413. The SMILES string of the molecule is CC1CN(C(=O)C2CCOC2)CCN1. The Bertz CT molecular complexity index is 214. The average Bonchev–Trinajstić information content (AvgIpc) is 2.69. The van der Waals surface area contributed by atoms with Crippen LogP contribution in [0.4, 0.5) is 0 Å². The van der Waals surface area contributed by atoms with Crippen LogP contribution in [-0.2, 0) is 9.53 Å². The van der Waals surface area contributed by atoms with Crippen molar-refractivity contribution in [3.63, 3.8) is 0 Å². The molecule has 14 heavy (non-hydrogen) atoms. The van der Waals surface area contributed by atoms with E-state index in [1.807, 2.05) is 4.90 Å². The van der Waals surface area contributed by atoms with Gasteiger partial charge in [-0.1, -0.05) is 0 Å². The number of piperazine rings is 1. The second kappa shape index (κ2) is 4.28. The zero-order valence-electron chi connectivity index (χ0n) is 8.66. The molecule has 0 radical (unpaired) electrons. The lowest BCUT2D eigenvalue weighted by molar-refractivity contribution is -0.136. The second-order valence-electron chi connectivity index (χ2n) is 4.20. The summed E-state index contributed by atoms with van der Waals surface area (Å²) >= 11 is 0. The lowest BCUT2D eigenvalue weighted by Crippen LogP contribution is -2.52. The van der Waals surface area contributed by atoms with Crippen LogP contribution in [0.25, 0.3) is 0 Å². The molecule has 0 aromatic rings. The molecule has 2 aliphatic rings. The standard InChI is InChI=1S/C10H18N2O2/c1-8-6-12(4-3-11-8)10(13)9-2-5-14-7-9/h8-9,11H,2-7H2,1H3. The Morgan fingerprint density at radius 1 is 1.57 bits per heavy atom. The summed E-state index contributed by atoms with van der Waals surface area (Å²) in [5, 5.41) is 3.33. The first kappa shape index (κ1) is 9.93. The first-order valence-electron chi connectivity index (χ1n) is 5.37. The van der Waals surface area contributed by atoms with Crippen molar-refractivity contribution in [1.82, 2.24) is 10.2 Å². The van der Waals surface area contributed by atoms with E-state index in [1.54, 1.807) is 0 Å². The third-order valence-electron chi connectivity index (χ3n) is 2.96. The molecule has 2 unspecified atom stereocenters. The van der Waals surface area contributed by atoms with E-state index in [-0.39, 0.29) is 11.8 Å². The molecular weight excluding hydrogens is 180 g/mol. The van der Waals surface area contributed by atoms with E-state index >= 15 is 0 Å². The van der Waals surface area contributed by atoms with Gasteiger partial charge in [0.2, 0.25) is 5.91 Å². The molecule has 0 aromatic heterocycles. The van der Waals surface area contributed by atoms with Gasteiger partial charge in [0.05, 0.1) is 12.5 Å². The largest absolute Gasteiger partial charge is 0.381 e. The van der Waals surface area contributed by atoms with E-state index in [1.165, 1.54) is 0 Å². The summed E-state index contributed by atoms with van der Waals surface area (Å²) < 4.78 is 5.23. The summed E-state index contributed by atoms with van der Waals surface area (Å²) in [6.45, 7) is 6.09. The summed E-state index contributed by atoms with van der Waals surface area (Å²) in [6.07, 6.45) is 0.900. The van der Waals surface area contributed by atoms with Gasteiger partial charge in [0, 0.05) is 32.3 Å². The van der Waals surface area contributed by atoms with Gasteiger partial charge in [-0.05, 0) is 13.3 Å². The molecule has 4 nitrogen and oxygen atoms in total. The van der Waals surface area contributed by atoms with Crippen molar-refractivity contribution >= 4 is 5.91 Å². The maximum absolute atomic E-state index is 12.0. The first-order valence-corrected chi connectivity index (χ1v) is 5.37. The number of rotatable bonds is 1. The summed E-state index contributed by atoms with van der Waals surface area (Å²) in [6, 6.07) is 0.426. The zero-order chi connectivity index (χ0) is 9.97. The number of amides is 1. The third-order valence-corrected chi connectivity index (χ3v) is 2.96. The fourth-order valence-electron chi connectivity index (χ4n) is 2.12. The Hall–Kier alpha value is -0.610. The number of hydrogen-bond donors (Lipinski definition) is 1. The van der Waals surface area contributed by atoms with E-state index in [0.717, 1.165) is 32.7 Å². The number of ether oxygens (including phenoxy) is 1. The van der Waals surface area contributed by atoms with Crippen molar-refractivity contribution in [2.75, 3.05) is 32.8 Å². The Kier molecular flexibility index (Phi) is 3.03. The van der Waals surface area contributed by atoms with E-state index in [2.05, 4.69) is 12.2 Å². The van der Waals surface area contributed by atoms with Crippen LogP contribution in [0.15, 0.2) is 0 Å². The topological polar surface area (TPSA) is 41.6 Å². The van der Waals surface area contributed by atoms with Crippen LogP contribution in [-0.4, -0.2) is 49.7 Å². The Labute approximate surface area is 84.6 Å². The van der Waals surface area contributed by atoms with Crippen molar-refractivity contribution in [2.45, 2.75) is 19.4 Å². The van der Waals surface area contributed by atoms with Crippen LogP contribution < -0.4 is 5.32 Å². The quantitative estimate of drug-likeness (QED) is 0.637. The summed E-state index contributed by atoms with van der Waals surface area (Å²) in [7, 11) is 0. The minimum atomic E-state index is 0.125. The van der Waals surface area contributed by atoms with Gasteiger partial charge < -0.3 is 15.0 Å². The molecular formula is C10H18N2O2. The Balaban J connectivity index is 1.89. The van der Waals surface area contributed by atoms with Crippen LogP contribution in [0.5, 0.6) is 0 Å². The minimum Gasteiger partial charge on any atom is -0.381 e. The molecule has 2 aliphatic heterocycles. The maximum Gasteiger partial charge on any atom is 0.228 e.